The molecule has 10 nitrogen and oxygen atoms in total. The minimum absolute atomic E-state index is 0.0565. The van der Waals surface area contributed by atoms with Crippen molar-refractivity contribution in [2.24, 2.45) is 0 Å². The highest BCUT2D eigenvalue weighted by molar-refractivity contribution is 6.37. The Kier molecular flexibility index (Phi) is 4.22. The second kappa shape index (κ2) is 6.83. The van der Waals surface area contributed by atoms with Gasteiger partial charge in [0.05, 0.1) is 17.1 Å². The first-order valence-electron chi connectivity index (χ1n) is 7.17. The summed E-state index contributed by atoms with van der Waals surface area (Å²) in [6.07, 6.45) is 0. The lowest BCUT2D eigenvalue weighted by atomic mass is 10.3. The highest BCUT2D eigenvalue weighted by Crippen LogP contribution is 2.37. The fraction of sp³-hybridized carbons (Fsp3) is 0. The molecule has 1 aromatic carbocycles. The van der Waals surface area contributed by atoms with Gasteiger partial charge in [0.15, 0.2) is 5.75 Å². The summed E-state index contributed by atoms with van der Waals surface area (Å²) < 4.78 is 13.5. The van der Waals surface area contributed by atoms with Crippen molar-refractivity contribution in [1.82, 2.24) is 25.0 Å². The van der Waals surface area contributed by atoms with Gasteiger partial charge in [-0.15, -0.1) is 10.2 Å². The summed E-state index contributed by atoms with van der Waals surface area (Å²) in [6, 6.07) is 4.75. The molecule has 12 heteroatoms. The number of hydrogen-bond donors (Lipinski definition) is 2. The van der Waals surface area contributed by atoms with E-state index in [4.69, 9.17) is 34.6 Å². The number of aromatic nitrogens is 5. The maximum Gasteiger partial charge on any atom is 0.349 e. The van der Waals surface area contributed by atoms with Crippen molar-refractivity contribution in [3.63, 3.8) is 0 Å². The van der Waals surface area contributed by atoms with Crippen LogP contribution in [0.4, 0.5) is 0 Å². The molecule has 0 atom stereocenters. The zero-order valence-corrected chi connectivity index (χ0v) is 13.9. The number of benzene rings is 1. The van der Waals surface area contributed by atoms with Crippen molar-refractivity contribution in [3.05, 3.63) is 71.2 Å². The normalized spacial score (nSPS) is 10.9. The second-order valence-electron chi connectivity index (χ2n) is 4.65. The van der Waals surface area contributed by atoms with Crippen molar-refractivity contribution in [3.8, 4) is 23.4 Å². The molecular formula is C14H6Cl2N6O4. The molecule has 0 fully saturated rings. The van der Waals surface area contributed by atoms with Crippen LogP contribution >= 0.6 is 23.2 Å². The molecule has 0 aliphatic heterocycles. The summed E-state index contributed by atoms with van der Waals surface area (Å²) in [5.41, 5.74) is -2.99. The van der Waals surface area contributed by atoms with Crippen LogP contribution in [0.25, 0.3) is 5.69 Å². The molecule has 130 valence electrons. The van der Waals surface area contributed by atoms with E-state index in [1.807, 2.05) is 4.98 Å². The van der Waals surface area contributed by atoms with Crippen molar-refractivity contribution in [2.75, 3.05) is 0 Å². The van der Waals surface area contributed by atoms with E-state index in [0.717, 1.165) is 10.7 Å². The predicted octanol–water partition coefficient (Wildman–Crippen LogP) is 0.975. The van der Waals surface area contributed by atoms with E-state index in [-0.39, 0.29) is 33.4 Å². The number of rotatable bonds is 3. The predicted molar refractivity (Wildman–Crippen MR) is 90.1 cm³/mol. The third-order valence-corrected chi connectivity index (χ3v) is 3.52. The maximum absolute atomic E-state index is 11.9. The van der Waals surface area contributed by atoms with Crippen LogP contribution in [0.2, 0.25) is 10.0 Å². The molecule has 0 spiro atoms. The van der Waals surface area contributed by atoms with Gasteiger partial charge in [-0.1, -0.05) is 23.2 Å². The van der Waals surface area contributed by atoms with Crippen LogP contribution in [0, 0.1) is 11.3 Å². The SMILES string of the molecule is [2H]c1cc(Oc2c(Cl)cc(-n3nc(C#N)c(=O)[nH]c3=O)cc2Cl)n[nH]c1=O. The fourth-order valence-electron chi connectivity index (χ4n) is 1.87. The maximum atomic E-state index is 11.9. The van der Waals surface area contributed by atoms with Crippen molar-refractivity contribution in [1.29, 1.82) is 5.26 Å². The van der Waals surface area contributed by atoms with Crippen molar-refractivity contribution >= 4 is 23.2 Å². The van der Waals surface area contributed by atoms with E-state index < -0.39 is 22.5 Å². The smallest absolute Gasteiger partial charge is 0.349 e. The Hall–Kier alpha value is -3.42. The van der Waals surface area contributed by atoms with Gasteiger partial charge in [0.25, 0.3) is 11.1 Å². The number of halogens is 2. The molecule has 3 aromatic rings. The van der Waals surface area contributed by atoms with E-state index in [2.05, 4.69) is 15.3 Å². The highest BCUT2D eigenvalue weighted by Gasteiger charge is 2.15. The van der Waals surface area contributed by atoms with Crippen LogP contribution in [0.3, 0.4) is 0 Å². The van der Waals surface area contributed by atoms with E-state index in [1.54, 1.807) is 6.07 Å². The molecule has 0 unspecified atom stereocenters. The first-order valence-corrected chi connectivity index (χ1v) is 7.43. The molecule has 3 rings (SSSR count). The standard InChI is InChI=1S/C14H6Cl2N6O4/c15-7-3-6(22-14(25)18-13(24)9(5-17)21-22)4-8(16)12(7)26-11-2-1-10(23)19-20-11/h1-4H,(H,19,23)(H,18,24,25)/i1D. The number of hydrogen-bond acceptors (Lipinski definition) is 7. The minimum Gasteiger partial charge on any atom is -0.434 e. The highest BCUT2D eigenvalue weighted by atomic mass is 35.5. The lowest BCUT2D eigenvalue weighted by Crippen LogP contribution is -2.33. The van der Waals surface area contributed by atoms with E-state index in [0.29, 0.717) is 0 Å². The summed E-state index contributed by atoms with van der Waals surface area (Å²) in [5.74, 6) is -0.193. The molecule has 0 amide bonds. The van der Waals surface area contributed by atoms with Gasteiger partial charge >= 0.3 is 5.69 Å². The number of nitrogens with one attached hydrogen (secondary N) is 2. The van der Waals surface area contributed by atoms with Crippen LogP contribution < -0.4 is 21.5 Å². The Morgan fingerprint density at radius 1 is 1.27 bits per heavy atom. The average molecular weight is 394 g/mol. The van der Waals surface area contributed by atoms with E-state index in [1.165, 1.54) is 12.1 Å². The van der Waals surface area contributed by atoms with Gasteiger partial charge in [-0.25, -0.2) is 9.89 Å². The molecule has 0 aliphatic rings. The average Bonchev–Trinajstić information content (AvgIpc) is 2.61. The summed E-state index contributed by atoms with van der Waals surface area (Å²) >= 11 is 12.3. The van der Waals surface area contributed by atoms with Crippen LogP contribution in [0.5, 0.6) is 11.6 Å². The van der Waals surface area contributed by atoms with E-state index in [9.17, 15) is 14.4 Å². The summed E-state index contributed by atoms with van der Waals surface area (Å²) in [7, 11) is 0. The van der Waals surface area contributed by atoms with Gasteiger partial charge in [0.2, 0.25) is 11.6 Å². The molecular weight excluding hydrogens is 387 g/mol. The molecule has 0 saturated carbocycles. The van der Waals surface area contributed by atoms with Crippen molar-refractivity contribution < 1.29 is 6.11 Å². The molecule has 2 aromatic heterocycles. The fourth-order valence-corrected chi connectivity index (χ4v) is 2.42. The van der Waals surface area contributed by atoms with Gasteiger partial charge in [-0.2, -0.15) is 9.94 Å². The number of nitrogens with zero attached hydrogens (tertiary/aromatic N) is 4. The van der Waals surface area contributed by atoms with Gasteiger partial charge in [-0.3, -0.25) is 14.6 Å². The molecule has 0 aliphatic carbocycles. The van der Waals surface area contributed by atoms with Crippen LogP contribution in [0.15, 0.2) is 38.6 Å². The second-order valence-corrected chi connectivity index (χ2v) is 5.47. The van der Waals surface area contributed by atoms with Gasteiger partial charge in [0.1, 0.15) is 6.07 Å². The quantitative estimate of drug-likeness (QED) is 0.673. The van der Waals surface area contributed by atoms with Gasteiger partial charge in [-0.05, 0) is 12.1 Å². The van der Waals surface area contributed by atoms with Gasteiger partial charge in [0, 0.05) is 12.1 Å². The third-order valence-electron chi connectivity index (χ3n) is 2.96. The number of ether oxygens (including phenoxy) is 1. The van der Waals surface area contributed by atoms with Crippen LogP contribution in [-0.4, -0.2) is 25.0 Å². The first kappa shape index (κ1) is 16.1. The Labute approximate surface area is 154 Å². The zero-order chi connectivity index (χ0) is 19.7. The summed E-state index contributed by atoms with van der Waals surface area (Å²) in [4.78, 5) is 36.5. The summed E-state index contributed by atoms with van der Waals surface area (Å²) in [5, 5.41) is 18.1. The van der Waals surface area contributed by atoms with Gasteiger partial charge < -0.3 is 4.74 Å². The largest absolute Gasteiger partial charge is 0.434 e. The molecule has 0 bridgehead atoms. The Morgan fingerprint density at radius 3 is 2.58 bits per heavy atom. The monoisotopic (exact) mass is 393 g/mol. The Balaban J connectivity index is 2.07. The van der Waals surface area contributed by atoms with Crippen molar-refractivity contribution in [2.45, 2.75) is 0 Å². The number of aromatic amines is 2. The molecule has 26 heavy (non-hydrogen) atoms. The lowest BCUT2D eigenvalue weighted by molar-refractivity contribution is 0.454. The lowest BCUT2D eigenvalue weighted by Gasteiger charge is -2.11. The Morgan fingerprint density at radius 2 is 1.96 bits per heavy atom. The third kappa shape index (κ3) is 3.34. The molecule has 0 radical (unpaired) electrons. The number of H-pyrrole nitrogens is 2. The topological polar surface area (TPSA) is 147 Å². The molecule has 0 saturated heterocycles. The van der Waals surface area contributed by atoms with Crippen LogP contribution in [-0.2, 0) is 0 Å². The zero-order valence-electron chi connectivity index (χ0n) is 13.4. The number of nitriles is 1. The minimum atomic E-state index is -0.925. The summed E-state index contributed by atoms with van der Waals surface area (Å²) in [6.45, 7) is 0. The first-order chi connectivity index (χ1) is 12.8. The van der Waals surface area contributed by atoms with Crippen LogP contribution in [0.1, 0.15) is 7.06 Å². The molecule has 2 heterocycles. The van der Waals surface area contributed by atoms with E-state index >= 15 is 0 Å². The molecule has 2 N–H and O–H groups in total. The Bertz CT molecular complexity index is 1250.